The minimum absolute atomic E-state index is 0.310. The maximum Gasteiger partial charge on any atom is 0.212 e. The molecule has 6 nitrogen and oxygen atoms in total. The summed E-state index contributed by atoms with van der Waals surface area (Å²) >= 11 is 0. The molecule has 1 N–H and O–H groups in total. The zero-order chi connectivity index (χ0) is 12.8. The Kier molecular flexibility index (Phi) is 4.23. The second kappa shape index (κ2) is 6.10. The maximum absolute atomic E-state index is 10.4. The van der Waals surface area contributed by atoms with E-state index in [1.807, 2.05) is 6.07 Å². The first-order chi connectivity index (χ1) is 8.81. The molecule has 0 spiro atoms. The fraction of sp³-hybridized carbons (Fsp3) is 0.417. The molecule has 2 rings (SSSR count). The largest absolute Gasteiger partial charge is 0.379 e. The average Bonchev–Trinajstić information content (AvgIpc) is 2.40. The Balaban J connectivity index is 2.12. The van der Waals surface area contributed by atoms with E-state index in [-0.39, 0.29) is 0 Å². The van der Waals surface area contributed by atoms with Gasteiger partial charge in [-0.2, -0.15) is 5.26 Å². The summed E-state index contributed by atoms with van der Waals surface area (Å²) in [5.74, 6) is 0.410. The van der Waals surface area contributed by atoms with Gasteiger partial charge in [0.1, 0.15) is 17.6 Å². The number of morpholine rings is 1. The highest BCUT2D eigenvalue weighted by Crippen LogP contribution is 2.13. The predicted molar refractivity (Wildman–Crippen MR) is 64.7 cm³/mol. The normalized spacial score (nSPS) is 15.9. The second-order valence-electron chi connectivity index (χ2n) is 4.01. The summed E-state index contributed by atoms with van der Waals surface area (Å²) in [7, 11) is 0. The van der Waals surface area contributed by atoms with E-state index in [4.69, 9.17) is 10.00 Å². The van der Waals surface area contributed by atoms with Gasteiger partial charge in [0.05, 0.1) is 13.2 Å². The number of carbonyl (C=O) groups excluding carboxylic acids is 1. The molecule has 0 unspecified atom stereocenters. The van der Waals surface area contributed by atoms with Gasteiger partial charge in [-0.1, -0.05) is 0 Å². The topological polar surface area (TPSA) is 78.3 Å². The van der Waals surface area contributed by atoms with Crippen molar-refractivity contribution in [3.63, 3.8) is 0 Å². The molecule has 6 heteroatoms. The fourth-order valence-corrected chi connectivity index (χ4v) is 1.89. The fourth-order valence-electron chi connectivity index (χ4n) is 1.89. The molecule has 0 aliphatic carbocycles. The molecule has 1 fully saturated rings. The van der Waals surface area contributed by atoms with Gasteiger partial charge in [-0.3, -0.25) is 9.69 Å². The Morgan fingerprint density at radius 3 is 2.94 bits per heavy atom. The predicted octanol–water partition coefficient (Wildman–Crippen LogP) is 0.354. The molecule has 2 heterocycles. The van der Waals surface area contributed by atoms with Crippen LogP contribution in [0.1, 0.15) is 11.3 Å². The summed E-state index contributed by atoms with van der Waals surface area (Å²) < 4.78 is 5.28. The van der Waals surface area contributed by atoms with Crippen LogP contribution in [-0.4, -0.2) is 42.6 Å². The van der Waals surface area contributed by atoms with E-state index in [1.54, 1.807) is 12.1 Å². The third-order valence-corrected chi connectivity index (χ3v) is 2.72. The minimum atomic E-state index is 0.310. The van der Waals surface area contributed by atoms with Gasteiger partial charge in [0.2, 0.25) is 6.41 Å². The van der Waals surface area contributed by atoms with Crippen LogP contribution in [0.15, 0.2) is 12.1 Å². The molecule has 1 aliphatic rings. The molecule has 0 saturated carbocycles. The number of anilines is 1. The number of carbonyl (C=O) groups is 1. The van der Waals surface area contributed by atoms with Gasteiger partial charge in [-0.05, 0) is 17.7 Å². The number of pyridine rings is 1. The van der Waals surface area contributed by atoms with Crippen LogP contribution in [0, 0.1) is 11.3 Å². The lowest BCUT2D eigenvalue weighted by molar-refractivity contribution is -0.105. The lowest BCUT2D eigenvalue weighted by Crippen LogP contribution is -2.35. The second-order valence-corrected chi connectivity index (χ2v) is 4.01. The van der Waals surface area contributed by atoms with Gasteiger partial charge in [0.25, 0.3) is 0 Å². The van der Waals surface area contributed by atoms with Crippen molar-refractivity contribution >= 4 is 12.2 Å². The van der Waals surface area contributed by atoms with Crippen LogP contribution < -0.4 is 5.32 Å². The van der Waals surface area contributed by atoms with E-state index in [1.165, 1.54) is 0 Å². The van der Waals surface area contributed by atoms with Crippen LogP contribution in [0.2, 0.25) is 0 Å². The van der Waals surface area contributed by atoms with Gasteiger partial charge in [-0.25, -0.2) is 4.98 Å². The SMILES string of the molecule is N#Cc1cc(CN2CCOCC2)cc(NC=O)n1. The molecule has 1 aromatic heterocycles. The quantitative estimate of drug-likeness (QED) is 0.776. The number of nitriles is 1. The monoisotopic (exact) mass is 246 g/mol. The van der Waals surface area contributed by atoms with Crippen molar-refractivity contribution in [2.75, 3.05) is 31.6 Å². The number of amides is 1. The Morgan fingerprint density at radius 2 is 2.28 bits per heavy atom. The van der Waals surface area contributed by atoms with E-state index >= 15 is 0 Å². The van der Waals surface area contributed by atoms with E-state index < -0.39 is 0 Å². The summed E-state index contributed by atoms with van der Waals surface area (Å²) in [6, 6.07) is 5.52. The molecule has 1 saturated heterocycles. The summed E-state index contributed by atoms with van der Waals surface area (Å²) in [5.41, 5.74) is 1.28. The zero-order valence-corrected chi connectivity index (χ0v) is 9.93. The summed E-state index contributed by atoms with van der Waals surface area (Å²) in [4.78, 5) is 16.6. The van der Waals surface area contributed by atoms with E-state index in [9.17, 15) is 4.79 Å². The number of hydrogen-bond donors (Lipinski definition) is 1. The smallest absolute Gasteiger partial charge is 0.212 e. The molecular weight excluding hydrogens is 232 g/mol. The highest BCUT2D eigenvalue weighted by Gasteiger charge is 2.12. The first-order valence-electron chi connectivity index (χ1n) is 5.73. The van der Waals surface area contributed by atoms with Crippen LogP contribution in [0.25, 0.3) is 0 Å². The standard InChI is InChI=1S/C12H14N4O2/c13-7-11-5-10(6-12(15-11)14-9-17)8-16-1-3-18-4-2-16/h5-6,9H,1-4,8H2,(H,14,15,17). The van der Waals surface area contributed by atoms with Crippen molar-refractivity contribution < 1.29 is 9.53 Å². The van der Waals surface area contributed by atoms with Crippen molar-refractivity contribution in [3.05, 3.63) is 23.4 Å². The molecule has 0 bridgehead atoms. The third-order valence-electron chi connectivity index (χ3n) is 2.72. The summed E-state index contributed by atoms with van der Waals surface area (Å²) in [6.45, 7) is 3.95. The van der Waals surface area contributed by atoms with Crippen molar-refractivity contribution in [1.29, 1.82) is 5.26 Å². The van der Waals surface area contributed by atoms with Crippen LogP contribution in [-0.2, 0) is 16.1 Å². The van der Waals surface area contributed by atoms with E-state index in [0.717, 1.165) is 38.4 Å². The van der Waals surface area contributed by atoms with Crippen LogP contribution in [0.3, 0.4) is 0 Å². The molecule has 0 aromatic carbocycles. The van der Waals surface area contributed by atoms with Gasteiger partial charge < -0.3 is 10.1 Å². The third kappa shape index (κ3) is 3.26. The lowest BCUT2D eigenvalue weighted by atomic mass is 10.2. The molecule has 0 atom stereocenters. The molecule has 1 aromatic rings. The van der Waals surface area contributed by atoms with Gasteiger partial charge >= 0.3 is 0 Å². The minimum Gasteiger partial charge on any atom is -0.379 e. The number of aromatic nitrogens is 1. The number of hydrogen-bond acceptors (Lipinski definition) is 5. The molecular formula is C12H14N4O2. The number of nitrogens with one attached hydrogen (secondary N) is 1. The highest BCUT2D eigenvalue weighted by molar-refractivity contribution is 5.69. The van der Waals surface area contributed by atoms with E-state index in [2.05, 4.69) is 15.2 Å². The van der Waals surface area contributed by atoms with Crippen LogP contribution in [0.4, 0.5) is 5.82 Å². The van der Waals surface area contributed by atoms with Crippen molar-refractivity contribution in [2.45, 2.75) is 6.54 Å². The molecule has 94 valence electrons. The lowest BCUT2D eigenvalue weighted by Gasteiger charge is -2.26. The summed E-state index contributed by atoms with van der Waals surface area (Å²) in [5, 5.41) is 11.4. The maximum atomic E-state index is 10.4. The number of nitrogens with zero attached hydrogens (tertiary/aromatic N) is 3. The van der Waals surface area contributed by atoms with E-state index in [0.29, 0.717) is 17.9 Å². The Bertz CT molecular complexity index is 464. The average molecular weight is 246 g/mol. The number of ether oxygens (including phenoxy) is 1. The van der Waals surface area contributed by atoms with Crippen LogP contribution in [0.5, 0.6) is 0 Å². The van der Waals surface area contributed by atoms with Crippen molar-refractivity contribution in [2.24, 2.45) is 0 Å². The Morgan fingerprint density at radius 1 is 1.50 bits per heavy atom. The summed E-state index contributed by atoms with van der Waals surface area (Å²) in [6.07, 6.45) is 0.558. The van der Waals surface area contributed by atoms with Gasteiger partial charge in [0.15, 0.2) is 0 Å². The first kappa shape index (κ1) is 12.5. The van der Waals surface area contributed by atoms with Gasteiger partial charge in [0, 0.05) is 19.6 Å². The zero-order valence-electron chi connectivity index (χ0n) is 9.93. The number of rotatable bonds is 4. The molecule has 18 heavy (non-hydrogen) atoms. The van der Waals surface area contributed by atoms with Crippen LogP contribution >= 0.6 is 0 Å². The first-order valence-corrected chi connectivity index (χ1v) is 5.73. The molecule has 0 radical (unpaired) electrons. The van der Waals surface area contributed by atoms with Crippen molar-refractivity contribution in [1.82, 2.24) is 9.88 Å². The van der Waals surface area contributed by atoms with Crippen molar-refractivity contribution in [3.8, 4) is 6.07 Å². The van der Waals surface area contributed by atoms with Gasteiger partial charge in [-0.15, -0.1) is 0 Å². The highest BCUT2D eigenvalue weighted by atomic mass is 16.5. The molecule has 1 aliphatic heterocycles. The molecule has 1 amide bonds. The Hall–Kier alpha value is -1.97. The Labute approximate surface area is 105 Å².